The van der Waals surface area contributed by atoms with Crippen LogP contribution in [0, 0.1) is 0 Å². The molecule has 0 unspecified atom stereocenters. The second-order valence-corrected chi connectivity index (χ2v) is 8.99. The van der Waals surface area contributed by atoms with Gasteiger partial charge >= 0.3 is 0 Å². The van der Waals surface area contributed by atoms with Gasteiger partial charge in [-0.15, -0.1) is 0 Å². The minimum Gasteiger partial charge on any atom is -0.293 e. The topological polar surface area (TPSA) is 87.8 Å². The third-order valence-corrected chi connectivity index (χ3v) is 6.45. The van der Waals surface area contributed by atoms with Crippen LogP contribution < -0.4 is 10.6 Å². The molecule has 4 rings (SSSR count). The molecule has 0 fully saturated rings. The van der Waals surface area contributed by atoms with Crippen molar-refractivity contribution in [1.82, 2.24) is 9.73 Å². The van der Waals surface area contributed by atoms with Gasteiger partial charge in [-0.05, 0) is 35.2 Å². The zero-order valence-corrected chi connectivity index (χ0v) is 17.3. The van der Waals surface area contributed by atoms with E-state index in [1.165, 1.54) is 5.56 Å². The number of benzene rings is 3. The van der Waals surface area contributed by atoms with E-state index in [9.17, 15) is 8.42 Å². The molecule has 3 aromatic carbocycles. The number of amidine groups is 1. The first kappa shape index (κ1) is 20.3. The van der Waals surface area contributed by atoms with Gasteiger partial charge in [-0.1, -0.05) is 66.7 Å². The Morgan fingerprint density at radius 1 is 0.867 bits per heavy atom. The van der Waals surface area contributed by atoms with Crippen molar-refractivity contribution in [2.75, 3.05) is 13.1 Å². The van der Waals surface area contributed by atoms with Crippen LogP contribution in [0.3, 0.4) is 0 Å². The van der Waals surface area contributed by atoms with Gasteiger partial charge in [0, 0.05) is 12.1 Å². The lowest BCUT2D eigenvalue weighted by molar-refractivity contribution is 0.484. The molecule has 154 valence electrons. The first-order valence-electron chi connectivity index (χ1n) is 9.80. The molecule has 0 atom stereocenters. The highest BCUT2D eigenvalue weighted by Crippen LogP contribution is 2.15. The van der Waals surface area contributed by atoms with Crippen LogP contribution in [-0.2, 0) is 23.0 Å². The predicted octanol–water partition coefficient (Wildman–Crippen LogP) is 2.69. The summed E-state index contributed by atoms with van der Waals surface area (Å²) in [6.07, 6.45) is 0.801. The predicted molar refractivity (Wildman–Crippen MR) is 118 cm³/mol. The number of rotatable bonds is 7. The van der Waals surface area contributed by atoms with Crippen molar-refractivity contribution in [1.29, 1.82) is 0 Å². The summed E-state index contributed by atoms with van der Waals surface area (Å²) < 4.78 is 27.3. The Morgan fingerprint density at radius 3 is 2.07 bits per heavy atom. The molecule has 0 amide bonds. The molecule has 30 heavy (non-hydrogen) atoms. The zero-order valence-electron chi connectivity index (χ0n) is 16.5. The summed E-state index contributed by atoms with van der Waals surface area (Å²) in [5.74, 6) is 6.77. The third kappa shape index (κ3) is 4.76. The van der Waals surface area contributed by atoms with Gasteiger partial charge in [0.1, 0.15) is 5.84 Å². The number of aliphatic imine (C=N–C) groups is 1. The molecule has 6 nitrogen and oxygen atoms in total. The molecule has 1 aliphatic heterocycles. The summed E-state index contributed by atoms with van der Waals surface area (Å²) in [5, 5.41) is 1.68. The summed E-state index contributed by atoms with van der Waals surface area (Å²) in [6.45, 7) is 1.75. The maximum absolute atomic E-state index is 12.3. The van der Waals surface area contributed by atoms with E-state index in [1.54, 1.807) is 35.3 Å². The van der Waals surface area contributed by atoms with Crippen molar-refractivity contribution < 1.29 is 8.42 Å². The molecule has 0 saturated carbocycles. The van der Waals surface area contributed by atoms with Crippen LogP contribution in [0.5, 0.6) is 0 Å². The quantitative estimate of drug-likeness (QED) is 0.575. The average Bonchev–Trinajstić information content (AvgIpc) is 3.20. The fourth-order valence-corrected chi connectivity index (χ4v) is 4.40. The highest BCUT2D eigenvalue weighted by atomic mass is 32.2. The van der Waals surface area contributed by atoms with Gasteiger partial charge in [-0.3, -0.25) is 10.0 Å². The molecule has 0 saturated heterocycles. The van der Waals surface area contributed by atoms with Crippen LogP contribution in [-0.4, -0.2) is 32.4 Å². The Morgan fingerprint density at radius 2 is 1.47 bits per heavy atom. The Kier molecular flexibility index (Phi) is 5.94. The second-order valence-electron chi connectivity index (χ2n) is 7.23. The van der Waals surface area contributed by atoms with E-state index in [2.05, 4.69) is 21.8 Å². The Balaban J connectivity index is 1.36. The van der Waals surface area contributed by atoms with E-state index in [4.69, 9.17) is 5.84 Å². The number of hydrogen-bond acceptors (Lipinski definition) is 5. The molecule has 0 bridgehead atoms. The molecule has 0 aromatic heterocycles. The van der Waals surface area contributed by atoms with Crippen molar-refractivity contribution in [3.8, 4) is 0 Å². The fourth-order valence-electron chi connectivity index (χ4n) is 3.36. The lowest BCUT2D eigenvalue weighted by atomic mass is 10.0. The highest BCUT2D eigenvalue weighted by molar-refractivity contribution is 7.89. The average molecular weight is 421 g/mol. The molecule has 7 heteroatoms. The monoisotopic (exact) mass is 420 g/mol. The lowest BCUT2D eigenvalue weighted by Gasteiger charge is -2.13. The van der Waals surface area contributed by atoms with Crippen molar-refractivity contribution in [3.63, 3.8) is 0 Å². The molecule has 3 N–H and O–H groups in total. The summed E-state index contributed by atoms with van der Waals surface area (Å²) in [6, 6.07) is 24.6. The molecule has 3 aromatic rings. The van der Waals surface area contributed by atoms with Gasteiger partial charge in [-0.2, -0.15) is 0 Å². The van der Waals surface area contributed by atoms with Gasteiger partial charge in [-0.25, -0.2) is 19.0 Å². The standard InChI is InChI=1S/C23H24N4O2S/c24-27-15-14-25-23(27)21-12-10-19(11-13-21)16-18-6-8-20(9-7-18)17-26-30(28,29)22-4-2-1-3-5-22/h1-13,26H,14-17,24H2. The van der Waals surface area contributed by atoms with Crippen LogP contribution in [0.2, 0.25) is 0 Å². The largest absolute Gasteiger partial charge is 0.293 e. The molecule has 0 aliphatic carbocycles. The number of nitrogens with one attached hydrogen (secondary N) is 1. The molecule has 1 heterocycles. The van der Waals surface area contributed by atoms with E-state index >= 15 is 0 Å². The van der Waals surface area contributed by atoms with Crippen molar-refractivity contribution >= 4 is 15.9 Å². The van der Waals surface area contributed by atoms with Crippen LogP contribution in [0.4, 0.5) is 0 Å². The number of nitrogens with zero attached hydrogens (tertiary/aromatic N) is 2. The summed E-state index contributed by atoms with van der Waals surface area (Å²) >= 11 is 0. The van der Waals surface area contributed by atoms with Gasteiger partial charge in [0.25, 0.3) is 0 Å². The SMILES string of the molecule is NN1CCN=C1c1ccc(Cc2ccc(CNS(=O)(=O)c3ccccc3)cc2)cc1. The fraction of sp³-hybridized carbons (Fsp3) is 0.174. The van der Waals surface area contributed by atoms with Crippen LogP contribution in [0.15, 0.2) is 88.8 Å². The minimum atomic E-state index is -3.50. The van der Waals surface area contributed by atoms with Gasteiger partial charge in [0.05, 0.1) is 18.0 Å². The molecule has 1 aliphatic rings. The second kappa shape index (κ2) is 8.79. The zero-order chi connectivity index (χ0) is 21.0. The van der Waals surface area contributed by atoms with Crippen LogP contribution in [0.25, 0.3) is 0 Å². The van der Waals surface area contributed by atoms with E-state index < -0.39 is 10.0 Å². The first-order valence-corrected chi connectivity index (χ1v) is 11.3. The number of hydrazine groups is 1. The summed E-state index contributed by atoms with van der Waals surface area (Å²) in [7, 11) is -3.50. The summed E-state index contributed by atoms with van der Waals surface area (Å²) in [4.78, 5) is 4.70. The number of sulfonamides is 1. The Labute approximate surface area is 177 Å². The third-order valence-electron chi connectivity index (χ3n) is 5.04. The van der Waals surface area contributed by atoms with E-state index in [-0.39, 0.29) is 11.4 Å². The number of hydrogen-bond donors (Lipinski definition) is 2. The Hall–Kier alpha value is -3.00. The molecule has 0 radical (unpaired) electrons. The maximum Gasteiger partial charge on any atom is 0.240 e. The van der Waals surface area contributed by atoms with Gasteiger partial charge in [0.15, 0.2) is 0 Å². The van der Waals surface area contributed by atoms with E-state index in [1.807, 2.05) is 36.4 Å². The molecular weight excluding hydrogens is 396 g/mol. The smallest absolute Gasteiger partial charge is 0.240 e. The van der Waals surface area contributed by atoms with Crippen LogP contribution in [0.1, 0.15) is 22.3 Å². The highest BCUT2D eigenvalue weighted by Gasteiger charge is 2.15. The van der Waals surface area contributed by atoms with Gasteiger partial charge < -0.3 is 0 Å². The normalized spacial score (nSPS) is 14.0. The minimum absolute atomic E-state index is 0.254. The first-order chi connectivity index (χ1) is 14.5. The Bertz CT molecular complexity index is 1130. The van der Waals surface area contributed by atoms with Crippen LogP contribution >= 0.6 is 0 Å². The van der Waals surface area contributed by atoms with E-state index in [0.29, 0.717) is 0 Å². The maximum atomic E-state index is 12.3. The van der Waals surface area contributed by atoms with Gasteiger partial charge in [0.2, 0.25) is 10.0 Å². The van der Waals surface area contributed by atoms with E-state index in [0.717, 1.165) is 42.0 Å². The lowest BCUT2D eigenvalue weighted by Crippen LogP contribution is -2.34. The number of nitrogens with two attached hydrogens (primary N) is 1. The van der Waals surface area contributed by atoms with Crippen molar-refractivity contribution in [2.24, 2.45) is 10.8 Å². The molecule has 0 spiro atoms. The molecular formula is C23H24N4O2S. The summed E-state index contributed by atoms with van der Waals surface area (Å²) in [5.41, 5.74) is 4.30. The van der Waals surface area contributed by atoms with Crippen molar-refractivity contribution in [3.05, 3.63) is 101 Å². The van der Waals surface area contributed by atoms with Crippen molar-refractivity contribution in [2.45, 2.75) is 17.9 Å².